The second-order valence-electron chi connectivity index (χ2n) is 4.35. The Balaban J connectivity index is 1.70. The average molecular weight is 260 g/mol. The summed E-state index contributed by atoms with van der Waals surface area (Å²) in [5, 5.41) is 12.8. The molecule has 0 saturated carbocycles. The Morgan fingerprint density at radius 3 is 2.56 bits per heavy atom. The summed E-state index contributed by atoms with van der Waals surface area (Å²) in [6.45, 7) is 0. The summed E-state index contributed by atoms with van der Waals surface area (Å²) in [5.74, 6) is -0.921. The molecule has 1 aliphatic carbocycles. The first-order chi connectivity index (χ1) is 8.72. The predicted octanol–water partition coefficient (Wildman–Crippen LogP) is 2.42. The molecule has 2 N–H and O–H groups in total. The van der Waals surface area contributed by atoms with Crippen LogP contribution in [0.2, 0.25) is 0 Å². The Labute approximate surface area is 108 Å². The van der Waals surface area contributed by atoms with E-state index in [1.165, 1.54) is 28.7 Å². The third-order valence-electron chi connectivity index (χ3n) is 3.10. The van der Waals surface area contributed by atoms with Crippen molar-refractivity contribution >= 4 is 22.4 Å². The lowest BCUT2D eigenvalue weighted by molar-refractivity contribution is 0.0702. The Hall–Kier alpha value is -1.88. The van der Waals surface area contributed by atoms with Crippen LogP contribution in [-0.2, 0) is 12.8 Å². The molecule has 18 heavy (non-hydrogen) atoms. The van der Waals surface area contributed by atoms with Gasteiger partial charge in [0, 0.05) is 6.04 Å². The van der Waals surface area contributed by atoms with E-state index in [2.05, 4.69) is 22.4 Å². The smallest absolute Gasteiger partial charge is 0.347 e. The van der Waals surface area contributed by atoms with E-state index in [1.807, 2.05) is 12.1 Å². The fourth-order valence-electron chi connectivity index (χ4n) is 2.28. The fourth-order valence-corrected chi connectivity index (χ4v) is 3.01. The van der Waals surface area contributed by atoms with Gasteiger partial charge in [-0.05, 0) is 24.0 Å². The van der Waals surface area contributed by atoms with E-state index < -0.39 is 5.97 Å². The highest BCUT2D eigenvalue weighted by Crippen LogP contribution is 2.26. The maximum Gasteiger partial charge on any atom is 0.347 e. The number of hydrogen-bond acceptors (Lipinski definition) is 4. The number of hydrogen-bond donors (Lipinski definition) is 2. The molecule has 92 valence electrons. The summed E-state index contributed by atoms with van der Waals surface area (Å²) in [4.78, 5) is 15.1. The van der Waals surface area contributed by atoms with Gasteiger partial charge in [-0.2, -0.15) is 0 Å². The zero-order valence-electron chi connectivity index (χ0n) is 9.59. The van der Waals surface area contributed by atoms with E-state index in [1.54, 1.807) is 0 Å². The number of nitrogens with one attached hydrogen (secondary N) is 1. The molecule has 5 heteroatoms. The van der Waals surface area contributed by atoms with Gasteiger partial charge < -0.3 is 10.4 Å². The number of aromatic nitrogens is 1. The normalized spacial score (nSPS) is 14.4. The third-order valence-corrected chi connectivity index (χ3v) is 4.01. The summed E-state index contributed by atoms with van der Waals surface area (Å²) in [6, 6.07) is 8.69. The highest BCUT2D eigenvalue weighted by molar-refractivity contribution is 7.17. The summed E-state index contributed by atoms with van der Waals surface area (Å²) >= 11 is 1.18. The molecule has 4 nitrogen and oxygen atoms in total. The van der Waals surface area contributed by atoms with Crippen molar-refractivity contribution in [3.63, 3.8) is 0 Å². The van der Waals surface area contributed by atoms with Gasteiger partial charge in [-0.3, -0.25) is 0 Å². The second-order valence-corrected chi connectivity index (χ2v) is 5.38. The second kappa shape index (κ2) is 4.42. The molecular formula is C13H12N2O2S. The molecule has 0 unspecified atom stereocenters. The van der Waals surface area contributed by atoms with Gasteiger partial charge in [-0.25, -0.2) is 9.78 Å². The lowest BCUT2D eigenvalue weighted by Gasteiger charge is -2.09. The van der Waals surface area contributed by atoms with Gasteiger partial charge in [0.15, 0.2) is 5.13 Å². The maximum atomic E-state index is 10.8. The molecule has 1 aliphatic rings. The van der Waals surface area contributed by atoms with Gasteiger partial charge in [0.2, 0.25) is 0 Å². The lowest BCUT2D eigenvalue weighted by atomic mass is 10.1. The standard InChI is InChI=1S/C13H12N2O2S/c16-12(17)11-7-14-13(18-11)15-10-5-8-3-1-2-4-9(8)6-10/h1-4,7,10H,5-6H2,(H,14,15)(H,16,17). The molecule has 0 atom stereocenters. The average Bonchev–Trinajstić information content (AvgIpc) is 2.94. The van der Waals surface area contributed by atoms with E-state index >= 15 is 0 Å². The molecule has 1 aromatic heterocycles. The number of anilines is 1. The van der Waals surface area contributed by atoms with Crippen LogP contribution in [0.15, 0.2) is 30.5 Å². The molecule has 0 amide bonds. The number of thiazole rings is 1. The molecule has 2 aromatic rings. The Morgan fingerprint density at radius 1 is 1.33 bits per heavy atom. The molecule has 0 radical (unpaired) electrons. The maximum absolute atomic E-state index is 10.8. The van der Waals surface area contributed by atoms with Crippen LogP contribution < -0.4 is 5.32 Å². The van der Waals surface area contributed by atoms with Crippen LogP contribution in [0, 0.1) is 0 Å². The first-order valence-electron chi connectivity index (χ1n) is 5.75. The minimum absolute atomic E-state index is 0.271. The van der Waals surface area contributed by atoms with Crippen molar-refractivity contribution in [2.45, 2.75) is 18.9 Å². The van der Waals surface area contributed by atoms with E-state index in [0.717, 1.165) is 12.8 Å². The van der Waals surface area contributed by atoms with E-state index in [9.17, 15) is 4.79 Å². The number of carbonyl (C=O) groups is 1. The molecule has 0 bridgehead atoms. The first kappa shape index (κ1) is 11.2. The summed E-state index contributed by atoms with van der Waals surface area (Å²) in [5.41, 5.74) is 2.73. The molecule has 0 fully saturated rings. The van der Waals surface area contributed by atoms with Crippen molar-refractivity contribution in [3.8, 4) is 0 Å². The zero-order valence-corrected chi connectivity index (χ0v) is 10.4. The highest BCUT2D eigenvalue weighted by Gasteiger charge is 2.21. The molecular weight excluding hydrogens is 248 g/mol. The van der Waals surface area contributed by atoms with Crippen LogP contribution in [0.3, 0.4) is 0 Å². The van der Waals surface area contributed by atoms with Gasteiger partial charge in [0.05, 0.1) is 6.20 Å². The summed E-state index contributed by atoms with van der Waals surface area (Å²) in [7, 11) is 0. The van der Waals surface area contributed by atoms with Crippen LogP contribution in [0.4, 0.5) is 5.13 Å². The van der Waals surface area contributed by atoms with Crippen molar-refractivity contribution in [2.75, 3.05) is 5.32 Å². The van der Waals surface area contributed by atoms with Crippen LogP contribution in [0.25, 0.3) is 0 Å². The van der Waals surface area contributed by atoms with E-state index in [0.29, 0.717) is 11.2 Å². The number of carboxylic acid groups (broad SMARTS) is 1. The van der Waals surface area contributed by atoms with Crippen molar-refractivity contribution in [1.29, 1.82) is 0 Å². The largest absolute Gasteiger partial charge is 0.477 e. The third kappa shape index (κ3) is 2.09. The topological polar surface area (TPSA) is 62.2 Å². The van der Waals surface area contributed by atoms with Gasteiger partial charge >= 0.3 is 5.97 Å². The van der Waals surface area contributed by atoms with Crippen LogP contribution in [0.1, 0.15) is 20.8 Å². The van der Waals surface area contributed by atoms with E-state index in [4.69, 9.17) is 5.11 Å². The highest BCUT2D eigenvalue weighted by atomic mass is 32.1. The number of aromatic carboxylic acids is 1. The minimum atomic E-state index is -0.921. The number of carboxylic acids is 1. The predicted molar refractivity (Wildman–Crippen MR) is 70.3 cm³/mol. The van der Waals surface area contributed by atoms with Crippen molar-refractivity contribution in [3.05, 3.63) is 46.5 Å². The lowest BCUT2D eigenvalue weighted by Crippen LogP contribution is -2.19. The molecule has 1 aromatic carbocycles. The van der Waals surface area contributed by atoms with Gasteiger partial charge in [0.25, 0.3) is 0 Å². The number of nitrogens with zero attached hydrogens (tertiary/aromatic N) is 1. The number of rotatable bonds is 3. The van der Waals surface area contributed by atoms with Gasteiger partial charge in [0.1, 0.15) is 4.88 Å². The van der Waals surface area contributed by atoms with E-state index in [-0.39, 0.29) is 4.88 Å². The van der Waals surface area contributed by atoms with Crippen molar-refractivity contribution < 1.29 is 9.90 Å². The van der Waals surface area contributed by atoms with Gasteiger partial charge in [-0.15, -0.1) is 0 Å². The van der Waals surface area contributed by atoms with Crippen LogP contribution in [-0.4, -0.2) is 22.1 Å². The molecule has 3 rings (SSSR count). The minimum Gasteiger partial charge on any atom is -0.477 e. The van der Waals surface area contributed by atoms with Crippen LogP contribution in [0.5, 0.6) is 0 Å². The first-order valence-corrected chi connectivity index (χ1v) is 6.56. The Morgan fingerprint density at radius 2 is 2.00 bits per heavy atom. The quantitative estimate of drug-likeness (QED) is 0.889. The zero-order chi connectivity index (χ0) is 12.5. The Bertz CT molecular complexity index is 569. The summed E-state index contributed by atoms with van der Waals surface area (Å²) in [6.07, 6.45) is 3.34. The van der Waals surface area contributed by atoms with Crippen molar-refractivity contribution in [1.82, 2.24) is 4.98 Å². The van der Waals surface area contributed by atoms with Crippen molar-refractivity contribution in [2.24, 2.45) is 0 Å². The number of benzene rings is 1. The number of fused-ring (bicyclic) bond motifs is 1. The van der Waals surface area contributed by atoms with Crippen LogP contribution >= 0.6 is 11.3 Å². The molecule has 1 heterocycles. The van der Waals surface area contributed by atoms with Gasteiger partial charge in [-0.1, -0.05) is 35.6 Å². The summed E-state index contributed by atoms with van der Waals surface area (Å²) < 4.78 is 0. The Kier molecular flexibility index (Phi) is 2.76. The fraction of sp³-hybridized carbons (Fsp3) is 0.231. The molecule has 0 saturated heterocycles. The monoisotopic (exact) mass is 260 g/mol. The molecule has 0 aliphatic heterocycles. The SMILES string of the molecule is O=C(O)c1cnc(NC2Cc3ccccc3C2)s1. The molecule has 0 spiro atoms.